The van der Waals surface area contributed by atoms with E-state index in [4.69, 9.17) is 0 Å². The molecule has 0 N–H and O–H groups in total. The third-order valence-corrected chi connectivity index (χ3v) is 26.4. The van der Waals surface area contributed by atoms with E-state index in [1.165, 1.54) is 64.5 Å². The highest BCUT2D eigenvalue weighted by Gasteiger charge is 2.61. The molecule has 0 atom stereocenters. The van der Waals surface area contributed by atoms with Crippen molar-refractivity contribution in [3.05, 3.63) is 179 Å². The van der Waals surface area contributed by atoms with Crippen molar-refractivity contribution in [3.8, 4) is 0 Å². The Morgan fingerprint density at radius 2 is 0.318 bits per heavy atom. The Hall–Kier alpha value is -4.25. The lowest BCUT2D eigenvalue weighted by molar-refractivity contribution is 1.46. The Morgan fingerprint density at radius 1 is 0.205 bits per heavy atom. The second-order valence-corrected chi connectivity index (χ2v) is 23.7. The molecule has 218 valence electrons. The van der Waals surface area contributed by atoms with E-state index in [2.05, 4.69) is 187 Å². The zero-order valence-corrected chi connectivity index (χ0v) is 28.9. The minimum absolute atomic E-state index is 1.29. The summed E-state index contributed by atoms with van der Waals surface area (Å²) in [6.07, 6.45) is 0. The van der Waals surface area contributed by atoms with E-state index >= 15 is 0 Å². The molecular formula is C42H42Si2. The van der Waals surface area contributed by atoms with Gasteiger partial charge in [-0.2, -0.15) is 0 Å². The third kappa shape index (κ3) is 5.02. The summed E-state index contributed by atoms with van der Waals surface area (Å²) in [4.78, 5) is 0. The zero-order chi connectivity index (χ0) is 30.9. The van der Waals surface area contributed by atoms with Crippen LogP contribution in [0.1, 0.15) is 33.4 Å². The number of aryl methyl sites for hydroxylation is 6. The predicted molar refractivity (Wildman–Crippen MR) is 196 cm³/mol. The topological polar surface area (TPSA) is 0 Å². The van der Waals surface area contributed by atoms with Crippen LogP contribution in [-0.2, 0) is 0 Å². The summed E-state index contributed by atoms with van der Waals surface area (Å²) in [6, 6.07) is 57.5. The highest BCUT2D eigenvalue weighted by atomic mass is 29.3. The molecule has 6 aromatic rings. The molecule has 0 heterocycles. The van der Waals surface area contributed by atoms with Crippen LogP contribution in [0.5, 0.6) is 0 Å². The number of hydrogen-bond donors (Lipinski definition) is 0. The first kappa shape index (κ1) is 29.8. The smallest absolute Gasteiger partial charge is 0.0622 e. The molecule has 6 rings (SSSR count). The van der Waals surface area contributed by atoms with E-state index < -0.39 is 15.2 Å². The van der Waals surface area contributed by atoms with Gasteiger partial charge in [-0.1, -0.05) is 210 Å². The van der Waals surface area contributed by atoms with Gasteiger partial charge in [0.15, 0.2) is 15.2 Å². The van der Waals surface area contributed by atoms with Crippen LogP contribution < -0.4 is 31.1 Å². The van der Waals surface area contributed by atoms with Crippen LogP contribution in [0.15, 0.2) is 146 Å². The largest absolute Gasteiger partial charge is 0.154 e. The molecule has 0 aliphatic carbocycles. The van der Waals surface area contributed by atoms with Gasteiger partial charge in [-0.15, -0.1) is 0 Å². The lowest BCUT2D eigenvalue weighted by Gasteiger charge is -2.50. The van der Waals surface area contributed by atoms with E-state index in [-0.39, 0.29) is 0 Å². The Morgan fingerprint density at radius 3 is 0.432 bits per heavy atom. The Balaban J connectivity index is 1.94. The normalized spacial score (nSPS) is 11.9. The molecule has 0 bridgehead atoms. The second kappa shape index (κ2) is 12.0. The summed E-state index contributed by atoms with van der Waals surface area (Å²) in [5.41, 5.74) is 7.74. The third-order valence-electron chi connectivity index (χ3n) is 9.47. The molecule has 2 heteroatoms. The van der Waals surface area contributed by atoms with E-state index in [0.29, 0.717) is 0 Å². The maximum Gasteiger partial charge on any atom is 0.154 e. The first-order valence-electron chi connectivity index (χ1n) is 15.7. The minimum Gasteiger partial charge on any atom is -0.0622 e. The fourth-order valence-electron chi connectivity index (χ4n) is 7.12. The Bertz CT molecular complexity index is 1480. The Labute approximate surface area is 265 Å². The molecule has 0 amide bonds. The van der Waals surface area contributed by atoms with Crippen LogP contribution in [0.2, 0.25) is 0 Å². The number of hydrogen-bond acceptors (Lipinski definition) is 0. The van der Waals surface area contributed by atoms with Crippen molar-refractivity contribution in [1.82, 2.24) is 0 Å². The SMILES string of the molecule is Cc1ccc([Si](c2ccc(C)cc2)(c2ccc(C)cc2)[Si](c2ccc(C)cc2)(c2ccc(C)cc2)c2ccc(C)cc2)cc1. The maximum atomic E-state index is 2.46. The molecule has 0 spiro atoms. The lowest BCUT2D eigenvalue weighted by Crippen LogP contribution is -2.94. The molecule has 0 unspecified atom stereocenters. The van der Waals surface area contributed by atoms with E-state index in [1.807, 2.05) is 0 Å². The van der Waals surface area contributed by atoms with Crippen LogP contribution in [0.4, 0.5) is 0 Å². The van der Waals surface area contributed by atoms with Crippen molar-refractivity contribution in [2.24, 2.45) is 0 Å². The van der Waals surface area contributed by atoms with Gasteiger partial charge < -0.3 is 0 Å². The fourth-order valence-corrected chi connectivity index (χ4v) is 26.5. The standard InChI is InChI=1S/C42H42Si2/c1-31-7-19-37(20-8-31)43(38-21-9-32(2)10-22-38,39-23-11-33(3)12-24-39)44(40-25-13-34(4)14-26-40,41-27-15-35(5)16-28-41)42-29-17-36(6)18-30-42/h7-30H,1-6H3. The summed E-state index contributed by atoms with van der Waals surface area (Å²) in [5.74, 6) is 0. The molecule has 0 saturated carbocycles. The predicted octanol–water partition coefficient (Wildman–Crippen LogP) is 6.26. The van der Waals surface area contributed by atoms with Crippen molar-refractivity contribution >= 4 is 46.3 Å². The van der Waals surface area contributed by atoms with Gasteiger partial charge in [0.1, 0.15) is 0 Å². The van der Waals surface area contributed by atoms with Crippen LogP contribution in [-0.4, -0.2) is 15.2 Å². The highest BCUT2D eigenvalue weighted by Crippen LogP contribution is 2.24. The van der Waals surface area contributed by atoms with E-state index in [9.17, 15) is 0 Å². The summed E-state index contributed by atoms with van der Waals surface area (Å²) in [6.45, 7) is 13.2. The lowest BCUT2D eigenvalue weighted by atomic mass is 10.2. The highest BCUT2D eigenvalue weighted by molar-refractivity contribution is 7.67. The van der Waals surface area contributed by atoms with Crippen LogP contribution in [0.25, 0.3) is 0 Å². The van der Waals surface area contributed by atoms with Crippen LogP contribution in [0, 0.1) is 41.5 Å². The second-order valence-electron chi connectivity index (χ2n) is 12.7. The van der Waals surface area contributed by atoms with Crippen molar-refractivity contribution in [2.45, 2.75) is 41.5 Å². The average Bonchev–Trinajstić information content (AvgIpc) is 3.03. The average molecular weight is 603 g/mol. The molecule has 0 radical (unpaired) electrons. The molecule has 0 fully saturated rings. The molecule has 0 saturated heterocycles. The van der Waals surface area contributed by atoms with Gasteiger partial charge >= 0.3 is 0 Å². The van der Waals surface area contributed by atoms with E-state index in [1.54, 1.807) is 0 Å². The Kier molecular flexibility index (Phi) is 8.15. The van der Waals surface area contributed by atoms with Gasteiger partial charge in [0.05, 0.1) is 0 Å². The first-order valence-corrected chi connectivity index (χ1v) is 20.7. The van der Waals surface area contributed by atoms with E-state index in [0.717, 1.165) is 0 Å². The first-order chi connectivity index (χ1) is 21.2. The van der Waals surface area contributed by atoms with Gasteiger partial charge in [-0.05, 0) is 41.5 Å². The van der Waals surface area contributed by atoms with Crippen LogP contribution >= 0.6 is 0 Å². The molecule has 0 aliphatic rings. The molecule has 6 aromatic carbocycles. The van der Waals surface area contributed by atoms with Gasteiger partial charge in [-0.3, -0.25) is 0 Å². The molecule has 44 heavy (non-hydrogen) atoms. The summed E-state index contributed by atoms with van der Waals surface area (Å²) in [5, 5.41) is 8.77. The zero-order valence-electron chi connectivity index (χ0n) is 26.9. The summed E-state index contributed by atoms with van der Waals surface area (Å²) in [7, 11) is -5.82. The molecular weight excluding hydrogens is 561 g/mol. The van der Waals surface area contributed by atoms with Gasteiger partial charge in [0.2, 0.25) is 0 Å². The fraction of sp³-hybridized carbons (Fsp3) is 0.143. The van der Waals surface area contributed by atoms with Gasteiger partial charge in [0.25, 0.3) is 0 Å². The molecule has 0 aromatic heterocycles. The minimum atomic E-state index is -2.91. The van der Waals surface area contributed by atoms with Gasteiger partial charge in [-0.25, -0.2) is 0 Å². The molecule has 0 nitrogen and oxygen atoms in total. The maximum absolute atomic E-state index is 2.91. The van der Waals surface area contributed by atoms with Crippen molar-refractivity contribution in [1.29, 1.82) is 0 Å². The molecule has 0 aliphatic heterocycles. The quantitative estimate of drug-likeness (QED) is 0.150. The summed E-state index contributed by atoms with van der Waals surface area (Å²) >= 11 is 0. The van der Waals surface area contributed by atoms with Crippen molar-refractivity contribution in [3.63, 3.8) is 0 Å². The van der Waals surface area contributed by atoms with Gasteiger partial charge in [0, 0.05) is 0 Å². The number of benzene rings is 6. The van der Waals surface area contributed by atoms with Crippen molar-refractivity contribution in [2.75, 3.05) is 0 Å². The van der Waals surface area contributed by atoms with Crippen molar-refractivity contribution < 1.29 is 0 Å². The summed E-state index contributed by atoms with van der Waals surface area (Å²) < 4.78 is 0. The number of rotatable bonds is 7. The monoisotopic (exact) mass is 602 g/mol. The van der Waals surface area contributed by atoms with Crippen LogP contribution in [0.3, 0.4) is 0 Å².